The van der Waals surface area contributed by atoms with E-state index in [1.165, 1.54) is 11.2 Å². The van der Waals surface area contributed by atoms with Gasteiger partial charge in [-0.3, -0.25) is 9.59 Å². The smallest absolute Gasteiger partial charge is 0.408 e. The van der Waals surface area contributed by atoms with E-state index in [-0.39, 0.29) is 31.7 Å². The Hall–Kier alpha value is -6.61. The van der Waals surface area contributed by atoms with E-state index >= 15 is 4.79 Å². The molecule has 3 amide bonds. The fourth-order valence-corrected chi connectivity index (χ4v) is 7.11. The molecule has 2 aromatic heterocycles. The molecule has 1 unspecified atom stereocenters. The molecule has 6 rings (SSSR count). The van der Waals surface area contributed by atoms with Crippen LogP contribution in [0.25, 0.3) is 0 Å². The van der Waals surface area contributed by atoms with Crippen LogP contribution in [0.4, 0.5) is 4.79 Å². The number of hydrogen-bond donors (Lipinski definition) is 5. The lowest BCUT2D eigenvalue weighted by molar-refractivity contribution is -0.147. The molecule has 0 fully saturated rings. The van der Waals surface area contributed by atoms with Crippen LogP contribution < -0.4 is 11.1 Å². The molecule has 6 aromatic rings. The highest BCUT2D eigenvalue weighted by atomic mass is 16.6. The molecule has 0 spiro atoms. The van der Waals surface area contributed by atoms with E-state index in [9.17, 15) is 14.7 Å². The zero-order valence-electron chi connectivity index (χ0n) is 35.3. The first kappa shape index (κ1) is 44.9. The molecule has 0 saturated heterocycles. The number of carbonyl (C=O) groups is 3. The van der Waals surface area contributed by atoms with Gasteiger partial charge in [-0.05, 0) is 55.0 Å². The first-order valence-corrected chi connectivity index (χ1v) is 20.6. The lowest BCUT2D eigenvalue weighted by Gasteiger charge is -2.40. The van der Waals surface area contributed by atoms with Crippen molar-refractivity contribution in [3.05, 3.63) is 179 Å². The second-order valence-corrected chi connectivity index (χ2v) is 16.1. The molecule has 62 heavy (non-hydrogen) atoms. The summed E-state index contributed by atoms with van der Waals surface area (Å²) >= 11 is 0. The van der Waals surface area contributed by atoms with Crippen LogP contribution in [0, 0.1) is 0 Å². The average Bonchev–Trinajstić information content (AvgIpc) is 3.96. The van der Waals surface area contributed by atoms with Crippen molar-refractivity contribution in [1.82, 2.24) is 30.2 Å². The van der Waals surface area contributed by atoms with Crippen LogP contribution in [0.1, 0.15) is 71.9 Å². The summed E-state index contributed by atoms with van der Waals surface area (Å²) in [5.74, 6) is -1.38. The predicted octanol–water partition coefficient (Wildman–Crippen LogP) is 6.27. The summed E-state index contributed by atoms with van der Waals surface area (Å²) in [6, 6.07) is 32.5. The summed E-state index contributed by atoms with van der Waals surface area (Å²) in [5, 5.41) is 15.3. The molecular formula is C48H55N7O7. The lowest BCUT2D eigenvalue weighted by atomic mass is 9.93. The van der Waals surface area contributed by atoms with E-state index in [4.69, 9.17) is 24.9 Å². The Balaban J connectivity index is 1.39. The molecule has 0 radical (unpaired) electrons. The van der Waals surface area contributed by atoms with Crippen molar-refractivity contribution in [3.63, 3.8) is 0 Å². The van der Waals surface area contributed by atoms with Crippen LogP contribution in [0.3, 0.4) is 0 Å². The van der Waals surface area contributed by atoms with E-state index in [0.717, 1.165) is 27.8 Å². The number of nitrogens with one attached hydrogen (secondary N) is 3. The van der Waals surface area contributed by atoms with E-state index in [0.29, 0.717) is 31.2 Å². The van der Waals surface area contributed by atoms with Crippen LogP contribution in [-0.2, 0) is 69.5 Å². The van der Waals surface area contributed by atoms with Gasteiger partial charge >= 0.3 is 6.09 Å². The fourth-order valence-electron chi connectivity index (χ4n) is 7.11. The van der Waals surface area contributed by atoms with Crippen molar-refractivity contribution >= 4 is 17.9 Å². The van der Waals surface area contributed by atoms with Gasteiger partial charge in [-0.1, -0.05) is 115 Å². The molecule has 2 heterocycles. The quantitative estimate of drug-likeness (QED) is 0.0555. The zero-order valence-corrected chi connectivity index (χ0v) is 35.3. The summed E-state index contributed by atoms with van der Waals surface area (Å²) in [6.45, 7) is 6.35. The van der Waals surface area contributed by atoms with Crippen molar-refractivity contribution in [2.75, 3.05) is 0 Å². The third-order valence-corrected chi connectivity index (χ3v) is 9.98. The Morgan fingerprint density at radius 2 is 1.31 bits per heavy atom. The molecule has 4 aromatic carbocycles. The molecule has 0 aliphatic rings. The Morgan fingerprint density at radius 3 is 1.90 bits per heavy atom. The zero-order chi connectivity index (χ0) is 43.9. The summed E-state index contributed by atoms with van der Waals surface area (Å²) in [6.07, 6.45) is 2.35. The third-order valence-electron chi connectivity index (χ3n) is 9.98. The van der Waals surface area contributed by atoms with Crippen molar-refractivity contribution in [2.45, 2.75) is 96.3 Å². The molecular weight excluding hydrogens is 787 g/mol. The molecule has 0 aliphatic carbocycles. The highest BCUT2D eigenvalue weighted by Crippen LogP contribution is 2.28. The highest BCUT2D eigenvalue weighted by Gasteiger charge is 2.43. The summed E-state index contributed by atoms with van der Waals surface area (Å²) in [4.78, 5) is 59.0. The SMILES string of the molecule is CC(C)(C)OC(=O)N[C@@H](Cc1ccccc1)C(=O)N(C(Cc1cccc(COCc2ccccc2)c1)[C@H](O)c1nc(COCc2ccccc2)c[nH]1)[C@@H](Cc1c[nH]cn1)C(N)=O. The summed E-state index contributed by atoms with van der Waals surface area (Å²) < 4.78 is 17.6. The number of aliphatic hydroxyl groups is 1. The van der Waals surface area contributed by atoms with Gasteiger partial charge in [-0.15, -0.1) is 0 Å². The number of carbonyl (C=O) groups excluding carboxylic acids is 3. The van der Waals surface area contributed by atoms with Crippen LogP contribution in [0.2, 0.25) is 0 Å². The van der Waals surface area contributed by atoms with Crippen LogP contribution in [-0.4, -0.2) is 71.6 Å². The van der Waals surface area contributed by atoms with Crippen LogP contribution in [0.5, 0.6) is 0 Å². The molecule has 0 saturated carbocycles. The van der Waals surface area contributed by atoms with E-state index < -0.39 is 47.7 Å². The second-order valence-electron chi connectivity index (χ2n) is 16.1. The van der Waals surface area contributed by atoms with Gasteiger partial charge < -0.3 is 45.2 Å². The number of rotatable bonds is 21. The number of aromatic amines is 2. The van der Waals surface area contributed by atoms with Gasteiger partial charge in [-0.25, -0.2) is 14.8 Å². The Labute approximate surface area is 361 Å². The van der Waals surface area contributed by atoms with Crippen molar-refractivity contribution in [2.24, 2.45) is 5.73 Å². The normalized spacial score (nSPS) is 13.4. The molecule has 6 N–H and O–H groups in total. The number of alkyl carbamates (subject to hydrolysis) is 1. The van der Waals surface area contributed by atoms with Crippen LogP contribution >= 0.6 is 0 Å². The third kappa shape index (κ3) is 13.4. The minimum Gasteiger partial charge on any atom is -0.444 e. The Kier molecular flexibility index (Phi) is 15.8. The molecule has 4 atom stereocenters. The monoisotopic (exact) mass is 841 g/mol. The van der Waals surface area contributed by atoms with Gasteiger partial charge in [0.25, 0.3) is 0 Å². The number of nitrogens with zero attached hydrogens (tertiary/aromatic N) is 3. The standard InChI is InChI=1S/C48H55N7O7/c1-48(2,3)62-47(59)54-40(23-33-14-7-4-8-15-33)46(58)55(42(44(49)57)25-38-26-50-32-52-38)41(24-36-20-13-21-37(22-36)30-60-28-34-16-9-5-10-17-34)43(56)45-51-27-39(53-45)31-61-29-35-18-11-6-12-19-35/h4-22,26-27,32,40-43,56H,23-25,28-31H2,1-3H3,(H2,49,57)(H,50,52)(H,51,53)(H,54,59)/t40-,41?,42-,43-/m0/s1. The number of benzene rings is 4. The number of primary amides is 1. The number of amides is 3. The number of aliphatic hydroxyl groups excluding tert-OH is 1. The second kappa shape index (κ2) is 21.8. The van der Waals surface area contributed by atoms with E-state index in [2.05, 4.69) is 20.3 Å². The van der Waals surface area contributed by atoms with Crippen molar-refractivity contribution in [3.8, 4) is 0 Å². The van der Waals surface area contributed by atoms with Gasteiger partial charge in [-0.2, -0.15) is 0 Å². The number of nitrogens with two attached hydrogens (primary N) is 1. The molecule has 0 bridgehead atoms. The lowest BCUT2D eigenvalue weighted by Crippen LogP contribution is -2.61. The van der Waals surface area contributed by atoms with Crippen LogP contribution in [0.15, 0.2) is 134 Å². The first-order valence-electron chi connectivity index (χ1n) is 20.6. The van der Waals surface area contributed by atoms with Crippen molar-refractivity contribution < 1.29 is 33.7 Å². The summed E-state index contributed by atoms with van der Waals surface area (Å²) in [5.41, 5.74) is 10.6. The molecule has 324 valence electrons. The van der Waals surface area contributed by atoms with Crippen molar-refractivity contribution in [1.29, 1.82) is 0 Å². The first-order chi connectivity index (χ1) is 29.9. The fraction of sp³-hybridized carbons (Fsp3) is 0.312. The van der Waals surface area contributed by atoms with E-state index in [1.807, 2.05) is 115 Å². The predicted molar refractivity (Wildman–Crippen MR) is 233 cm³/mol. The molecule has 14 nitrogen and oxygen atoms in total. The minimum absolute atomic E-state index is 0.0318. The number of aromatic nitrogens is 4. The summed E-state index contributed by atoms with van der Waals surface area (Å²) in [7, 11) is 0. The minimum atomic E-state index is -1.50. The van der Waals surface area contributed by atoms with Gasteiger partial charge in [0, 0.05) is 25.2 Å². The highest BCUT2D eigenvalue weighted by molar-refractivity contribution is 5.91. The number of hydrogen-bond acceptors (Lipinski definition) is 9. The maximum Gasteiger partial charge on any atom is 0.408 e. The maximum atomic E-state index is 15.5. The van der Waals surface area contributed by atoms with Gasteiger partial charge in [0.15, 0.2) is 0 Å². The van der Waals surface area contributed by atoms with Gasteiger partial charge in [0.1, 0.15) is 29.6 Å². The topological polar surface area (TPSA) is 198 Å². The number of imidazole rings is 2. The average molecular weight is 842 g/mol. The largest absolute Gasteiger partial charge is 0.444 e. The Morgan fingerprint density at radius 1 is 0.726 bits per heavy atom. The van der Waals surface area contributed by atoms with Gasteiger partial charge in [0.2, 0.25) is 11.8 Å². The van der Waals surface area contributed by atoms with E-state index in [1.54, 1.807) is 33.2 Å². The molecule has 14 heteroatoms. The Bertz CT molecular complexity index is 2300. The number of ether oxygens (including phenoxy) is 3. The molecule has 0 aliphatic heterocycles. The number of H-pyrrole nitrogens is 2. The maximum absolute atomic E-state index is 15.5. The van der Waals surface area contributed by atoms with Gasteiger partial charge in [0.05, 0.1) is 50.2 Å².